The van der Waals surface area contributed by atoms with Gasteiger partial charge in [0.15, 0.2) is 11.6 Å². The first-order valence-electron chi connectivity index (χ1n) is 5.51. The Kier molecular flexibility index (Phi) is 5.40. The predicted octanol–water partition coefficient (Wildman–Crippen LogP) is -0.562. The monoisotopic (exact) mass is 313 g/mol. The van der Waals surface area contributed by atoms with Gasteiger partial charge < -0.3 is 17.0 Å². The van der Waals surface area contributed by atoms with E-state index in [1.807, 2.05) is 30.3 Å². The number of thioether (sulfide) groups is 1. The van der Waals surface area contributed by atoms with Crippen molar-refractivity contribution < 1.29 is 26.4 Å². The molecule has 0 spiro atoms. The molecule has 0 bridgehead atoms. The van der Waals surface area contributed by atoms with Crippen LogP contribution >= 0.6 is 11.8 Å². The van der Waals surface area contributed by atoms with Crippen LogP contribution in [0.2, 0.25) is 0 Å². The summed E-state index contributed by atoms with van der Waals surface area (Å²) in [4.78, 5) is 12.0. The lowest BCUT2D eigenvalue weighted by Crippen LogP contribution is -3.00. The van der Waals surface area contributed by atoms with Crippen molar-refractivity contribution in [2.75, 3.05) is 6.54 Å². The number of hydrogen-bond donors (Lipinski definition) is 0. The maximum absolute atomic E-state index is 12.0. The van der Waals surface area contributed by atoms with Crippen LogP contribution in [-0.2, 0) is 0 Å². The van der Waals surface area contributed by atoms with E-state index in [2.05, 4.69) is 24.0 Å². The molecule has 0 saturated heterocycles. The molecule has 0 saturated carbocycles. The average molecular weight is 314 g/mol. The molecule has 2 unspecified atom stereocenters. The van der Waals surface area contributed by atoms with Crippen molar-refractivity contribution in [3.05, 3.63) is 35.9 Å². The third-order valence-electron chi connectivity index (χ3n) is 3.04. The van der Waals surface area contributed by atoms with E-state index in [1.54, 1.807) is 11.8 Å². The number of Topliss-reactive ketones (excluding diaryl/α,β-unsaturated/α-hetero) is 1. The SMILES string of the molecule is CC1SC=[N+](CC(=O)c2ccccc2)C1C.[Br-]. The lowest BCUT2D eigenvalue weighted by atomic mass is 10.1. The normalized spacial score (nSPS) is 22.8. The second-order valence-electron chi connectivity index (χ2n) is 4.15. The number of nitrogens with zero attached hydrogens (tertiary/aromatic N) is 1. The molecule has 4 heteroatoms. The summed E-state index contributed by atoms with van der Waals surface area (Å²) >= 11 is 1.80. The molecule has 17 heavy (non-hydrogen) atoms. The molecule has 1 aromatic carbocycles. The Morgan fingerprint density at radius 2 is 1.94 bits per heavy atom. The summed E-state index contributed by atoms with van der Waals surface area (Å²) in [6.45, 7) is 4.85. The fourth-order valence-corrected chi connectivity index (χ4v) is 2.71. The second kappa shape index (κ2) is 6.36. The molecule has 1 aromatic rings. The Morgan fingerprint density at radius 1 is 1.29 bits per heavy atom. The molecule has 1 heterocycles. The summed E-state index contributed by atoms with van der Waals surface area (Å²) in [5, 5.41) is 0.573. The molecular weight excluding hydrogens is 298 g/mol. The fourth-order valence-electron chi connectivity index (χ4n) is 1.72. The molecule has 0 amide bonds. The van der Waals surface area contributed by atoms with Crippen molar-refractivity contribution in [3.8, 4) is 0 Å². The number of rotatable bonds is 3. The summed E-state index contributed by atoms with van der Waals surface area (Å²) in [5.41, 5.74) is 2.88. The Hall–Kier alpha value is -0.610. The number of halogens is 1. The maximum Gasteiger partial charge on any atom is 0.227 e. The third kappa shape index (κ3) is 3.42. The van der Waals surface area contributed by atoms with Crippen LogP contribution in [0.15, 0.2) is 30.3 Å². The van der Waals surface area contributed by atoms with Crippen molar-refractivity contribution in [3.63, 3.8) is 0 Å². The van der Waals surface area contributed by atoms with Crippen LogP contribution < -0.4 is 17.0 Å². The van der Waals surface area contributed by atoms with Crippen LogP contribution in [0.3, 0.4) is 0 Å². The zero-order valence-electron chi connectivity index (χ0n) is 9.97. The van der Waals surface area contributed by atoms with Gasteiger partial charge in [-0.15, -0.1) is 0 Å². The van der Waals surface area contributed by atoms with Gasteiger partial charge in [-0.05, 0) is 13.8 Å². The number of ketones is 1. The lowest BCUT2D eigenvalue weighted by molar-refractivity contribution is -0.539. The van der Waals surface area contributed by atoms with Gasteiger partial charge in [0, 0.05) is 5.56 Å². The van der Waals surface area contributed by atoms with Crippen LogP contribution in [0.25, 0.3) is 0 Å². The van der Waals surface area contributed by atoms with Gasteiger partial charge in [0.2, 0.25) is 12.3 Å². The van der Waals surface area contributed by atoms with Crippen LogP contribution in [0.4, 0.5) is 0 Å². The minimum absolute atomic E-state index is 0. The Labute approximate surface area is 117 Å². The van der Waals surface area contributed by atoms with Crippen molar-refractivity contribution in [1.82, 2.24) is 0 Å². The topological polar surface area (TPSA) is 20.1 Å². The molecule has 0 N–H and O–H groups in total. The standard InChI is InChI=1S/C13H16NOS.BrH/c1-10-11(2)16-9-14(10)8-13(15)12-6-4-3-5-7-12;/h3-7,9-11H,8H2,1-2H3;1H/q+1;/p-1. The lowest BCUT2D eigenvalue weighted by Gasteiger charge is -2.07. The molecule has 2 atom stereocenters. The summed E-state index contributed by atoms with van der Waals surface area (Å²) < 4.78 is 2.13. The number of carbonyl (C=O) groups is 1. The zero-order chi connectivity index (χ0) is 11.5. The van der Waals surface area contributed by atoms with Gasteiger partial charge in [-0.2, -0.15) is 0 Å². The highest BCUT2D eigenvalue weighted by Crippen LogP contribution is 2.20. The fraction of sp³-hybridized carbons (Fsp3) is 0.385. The van der Waals surface area contributed by atoms with Crippen LogP contribution in [0.1, 0.15) is 24.2 Å². The van der Waals surface area contributed by atoms with Gasteiger partial charge in [-0.3, -0.25) is 4.79 Å². The molecule has 2 rings (SSSR count). The first-order chi connectivity index (χ1) is 7.68. The molecular formula is C13H16BrNOS. The van der Waals surface area contributed by atoms with Gasteiger partial charge >= 0.3 is 0 Å². The van der Waals surface area contributed by atoms with Crippen molar-refractivity contribution in [2.24, 2.45) is 0 Å². The molecule has 0 radical (unpaired) electrons. The largest absolute Gasteiger partial charge is 1.00 e. The number of carbonyl (C=O) groups excluding carboxylic acids is 1. The molecule has 1 aliphatic heterocycles. The Morgan fingerprint density at radius 3 is 2.47 bits per heavy atom. The van der Waals surface area contributed by atoms with Gasteiger partial charge in [0.25, 0.3) is 0 Å². The summed E-state index contributed by atoms with van der Waals surface area (Å²) in [7, 11) is 0. The van der Waals surface area contributed by atoms with Gasteiger partial charge in [0.05, 0.1) is 5.25 Å². The number of hydrogen-bond acceptors (Lipinski definition) is 2. The van der Waals surface area contributed by atoms with E-state index < -0.39 is 0 Å². The van der Waals surface area contributed by atoms with Gasteiger partial charge in [-0.25, -0.2) is 4.58 Å². The molecule has 0 fully saturated rings. The molecule has 0 aromatic heterocycles. The molecule has 0 aliphatic carbocycles. The van der Waals surface area contributed by atoms with E-state index in [1.165, 1.54) is 0 Å². The molecule has 2 nitrogen and oxygen atoms in total. The Balaban J connectivity index is 0.00000144. The van der Waals surface area contributed by atoms with Crippen molar-refractivity contribution in [2.45, 2.75) is 25.1 Å². The highest BCUT2D eigenvalue weighted by Gasteiger charge is 2.31. The van der Waals surface area contributed by atoms with Crippen LogP contribution in [0.5, 0.6) is 0 Å². The highest BCUT2D eigenvalue weighted by molar-refractivity contribution is 8.12. The molecule has 92 valence electrons. The zero-order valence-corrected chi connectivity index (χ0v) is 12.4. The van der Waals surface area contributed by atoms with E-state index >= 15 is 0 Å². The Bertz CT molecular complexity index is 419. The summed E-state index contributed by atoms with van der Waals surface area (Å²) in [6.07, 6.45) is 0. The third-order valence-corrected chi connectivity index (χ3v) is 4.25. The van der Waals surface area contributed by atoms with E-state index in [0.717, 1.165) is 5.56 Å². The minimum atomic E-state index is 0. The van der Waals surface area contributed by atoms with E-state index in [9.17, 15) is 4.79 Å². The highest BCUT2D eigenvalue weighted by atomic mass is 79.9. The first kappa shape index (κ1) is 14.5. The molecule has 1 aliphatic rings. The average Bonchev–Trinajstić information content (AvgIpc) is 2.62. The smallest absolute Gasteiger partial charge is 0.227 e. The number of benzene rings is 1. The quantitative estimate of drug-likeness (QED) is 0.550. The van der Waals surface area contributed by atoms with E-state index in [-0.39, 0.29) is 22.8 Å². The summed E-state index contributed by atoms with van der Waals surface area (Å²) in [6, 6.07) is 9.93. The van der Waals surface area contributed by atoms with Gasteiger partial charge in [-0.1, -0.05) is 42.1 Å². The predicted molar refractivity (Wildman–Crippen MR) is 68.5 cm³/mol. The van der Waals surface area contributed by atoms with Crippen molar-refractivity contribution in [1.29, 1.82) is 0 Å². The summed E-state index contributed by atoms with van der Waals surface area (Å²) in [5.74, 6) is 0.193. The van der Waals surface area contributed by atoms with Crippen molar-refractivity contribution >= 4 is 23.1 Å². The van der Waals surface area contributed by atoms with E-state index in [4.69, 9.17) is 0 Å². The second-order valence-corrected chi connectivity index (χ2v) is 5.38. The van der Waals surface area contributed by atoms with E-state index in [0.29, 0.717) is 17.8 Å². The first-order valence-corrected chi connectivity index (χ1v) is 6.45. The van der Waals surface area contributed by atoms with Crippen LogP contribution in [-0.4, -0.2) is 33.7 Å². The van der Waals surface area contributed by atoms with Crippen LogP contribution in [0, 0.1) is 0 Å². The maximum atomic E-state index is 12.0. The van der Waals surface area contributed by atoms with Gasteiger partial charge in [0.1, 0.15) is 0 Å². The minimum Gasteiger partial charge on any atom is -1.00 e.